The van der Waals surface area contributed by atoms with E-state index in [2.05, 4.69) is 36.3 Å². The molecule has 23 heavy (non-hydrogen) atoms. The van der Waals surface area contributed by atoms with Crippen LogP contribution in [0, 0.1) is 0 Å². The van der Waals surface area contributed by atoms with Gasteiger partial charge in [-0.2, -0.15) is 8.78 Å². The number of pyridine rings is 1. The van der Waals surface area contributed by atoms with Gasteiger partial charge in [-0.1, -0.05) is 0 Å². The number of aromatic nitrogens is 1. The Morgan fingerprint density at radius 2 is 1.96 bits per heavy atom. The Hall–Kier alpha value is -2.42. The molecule has 0 aliphatic carbocycles. The molecule has 1 aromatic carbocycles. The number of ether oxygens (including phenoxy) is 1. The summed E-state index contributed by atoms with van der Waals surface area (Å²) in [5.41, 5.74) is 6.38. The Kier molecular flexibility index (Phi) is 4.99. The van der Waals surface area contributed by atoms with E-state index in [-0.39, 0.29) is 11.6 Å². The predicted octanol–water partition coefficient (Wildman–Crippen LogP) is 4.06. The Morgan fingerprint density at radius 3 is 2.57 bits per heavy atom. The second kappa shape index (κ2) is 6.78. The van der Waals surface area contributed by atoms with Crippen LogP contribution in [0.15, 0.2) is 41.0 Å². The number of hydrogen-bond donors (Lipinski definition) is 3. The first-order valence-corrected chi connectivity index (χ1v) is 7.18. The maximum Gasteiger partial charge on any atom is 0.394 e. The highest BCUT2D eigenvalue weighted by atomic mass is 79.9. The molecule has 2 rings (SSSR count). The van der Waals surface area contributed by atoms with Crippen LogP contribution in [-0.2, 0) is 0 Å². The number of alkyl halides is 2. The van der Waals surface area contributed by atoms with E-state index in [9.17, 15) is 13.6 Å². The zero-order valence-corrected chi connectivity index (χ0v) is 13.5. The third-order valence-electron chi connectivity index (χ3n) is 2.54. The molecule has 0 atom stereocenters. The summed E-state index contributed by atoms with van der Waals surface area (Å²) >= 11 is 3.22. The Balaban J connectivity index is 1.99. The van der Waals surface area contributed by atoms with Gasteiger partial charge in [0.2, 0.25) is 0 Å². The molecule has 2 amide bonds. The Labute approximate surface area is 139 Å². The predicted molar refractivity (Wildman–Crippen MR) is 86.7 cm³/mol. The van der Waals surface area contributed by atoms with Crippen molar-refractivity contribution >= 4 is 39.2 Å². The third kappa shape index (κ3) is 5.37. The quantitative estimate of drug-likeness (QED) is 0.738. The Morgan fingerprint density at radius 1 is 1.30 bits per heavy atom. The second-order valence-corrected chi connectivity index (χ2v) is 5.52. The van der Waals surface area contributed by atoms with E-state index in [4.69, 9.17) is 5.73 Å². The summed E-state index contributed by atoms with van der Waals surface area (Å²) in [6.45, 7) is 0.642. The number of nitrogens with one attached hydrogen (secondary N) is 2. The van der Waals surface area contributed by atoms with Crippen molar-refractivity contribution in [2.75, 3.05) is 16.4 Å². The van der Waals surface area contributed by atoms with E-state index in [0.717, 1.165) is 0 Å². The lowest BCUT2D eigenvalue weighted by Gasteiger charge is -2.13. The van der Waals surface area contributed by atoms with Gasteiger partial charge in [-0.3, -0.25) is 0 Å². The lowest BCUT2D eigenvalue weighted by atomic mass is 10.3. The lowest BCUT2D eigenvalue weighted by molar-refractivity contribution is -0.158. The second-order valence-electron chi connectivity index (χ2n) is 4.60. The molecule has 0 spiro atoms. The maximum absolute atomic E-state index is 12.7. The standard InChI is InChI=1S/C14H13BrF2N4O2/c1-14(16,17)23-10-4-2-9(3-5-10)20-13(22)21-11-6-8(15)7-19-12(11)18/h2-7H,1H3,(H2,18,19)(H2,20,21,22). The number of rotatable bonds is 4. The fraction of sp³-hybridized carbons (Fsp3) is 0.143. The van der Waals surface area contributed by atoms with Crippen LogP contribution in [0.2, 0.25) is 0 Å². The van der Waals surface area contributed by atoms with E-state index in [0.29, 0.717) is 22.8 Å². The molecule has 6 nitrogen and oxygen atoms in total. The summed E-state index contributed by atoms with van der Waals surface area (Å²) in [5, 5.41) is 5.07. The highest BCUT2D eigenvalue weighted by molar-refractivity contribution is 9.10. The van der Waals surface area contributed by atoms with Gasteiger partial charge in [0.1, 0.15) is 11.6 Å². The summed E-state index contributed by atoms with van der Waals surface area (Å²) in [6, 6.07) is 6.56. The topological polar surface area (TPSA) is 89.3 Å². The van der Waals surface area contributed by atoms with Gasteiger partial charge in [0.15, 0.2) is 0 Å². The molecule has 1 aromatic heterocycles. The van der Waals surface area contributed by atoms with Gasteiger partial charge in [0, 0.05) is 23.3 Å². The van der Waals surface area contributed by atoms with Crippen LogP contribution in [0.4, 0.5) is 30.8 Å². The molecule has 0 bridgehead atoms. The van der Waals surface area contributed by atoms with Crippen LogP contribution >= 0.6 is 15.9 Å². The molecule has 4 N–H and O–H groups in total. The monoisotopic (exact) mass is 386 g/mol. The minimum Gasteiger partial charge on any atom is -0.433 e. The van der Waals surface area contributed by atoms with Crippen molar-refractivity contribution in [3.8, 4) is 5.75 Å². The molecule has 0 fully saturated rings. The van der Waals surface area contributed by atoms with Crippen LogP contribution in [0.3, 0.4) is 0 Å². The number of nitrogens with two attached hydrogens (primary N) is 1. The number of urea groups is 1. The van der Waals surface area contributed by atoms with Crippen LogP contribution in [0.5, 0.6) is 5.75 Å². The number of carbonyl (C=O) groups is 1. The van der Waals surface area contributed by atoms with Gasteiger partial charge < -0.3 is 21.1 Å². The van der Waals surface area contributed by atoms with E-state index in [1.54, 1.807) is 6.07 Å². The normalized spacial score (nSPS) is 11.0. The smallest absolute Gasteiger partial charge is 0.394 e. The van der Waals surface area contributed by atoms with Crippen LogP contribution < -0.4 is 21.1 Å². The molecular formula is C14H13BrF2N4O2. The van der Waals surface area contributed by atoms with Crippen molar-refractivity contribution < 1.29 is 18.3 Å². The summed E-state index contributed by atoms with van der Waals surface area (Å²) in [7, 11) is 0. The molecule has 9 heteroatoms. The first-order valence-electron chi connectivity index (χ1n) is 6.39. The van der Waals surface area contributed by atoms with E-state index in [1.165, 1.54) is 30.5 Å². The first kappa shape index (κ1) is 16.9. The van der Waals surface area contributed by atoms with Gasteiger partial charge >= 0.3 is 12.1 Å². The van der Waals surface area contributed by atoms with Crippen molar-refractivity contribution in [3.63, 3.8) is 0 Å². The molecule has 0 unspecified atom stereocenters. The van der Waals surface area contributed by atoms with Crippen molar-refractivity contribution in [1.29, 1.82) is 0 Å². The van der Waals surface area contributed by atoms with Crippen molar-refractivity contribution in [3.05, 3.63) is 41.0 Å². The van der Waals surface area contributed by atoms with Gasteiger partial charge in [-0.15, -0.1) is 0 Å². The zero-order chi connectivity index (χ0) is 17.0. The third-order valence-corrected chi connectivity index (χ3v) is 2.98. The minimum atomic E-state index is -3.27. The minimum absolute atomic E-state index is 0.0103. The number of halogens is 3. The van der Waals surface area contributed by atoms with E-state index >= 15 is 0 Å². The largest absolute Gasteiger partial charge is 0.433 e. The van der Waals surface area contributed by atoms with Crippen molar-refractivity contribution in [1.82, 2.24) is 4.98 Å². The molecule has 0 saturated heterocycles. The number of nitrogen functional groups attached to an aromatic ring is 1. The lowest BCUT2D eigenvalue weighted by Crippen LogP contribution is -2.21. The summed E-state index contributed by atoms with van der Waals surface area (Å²) in [5.74, 6) is 0.154. The van der Waals surface area contributed by atoms with Crippen LogP contribution in [0.25, 0.3) is 0 Å². The van der Waals surface area contributed by atoms with Gasteiger partial charge in [0.25, 0.3) is 0 Å². The highest BCUT2D eigenvalue weighted by Gasteiger charge is 2.22. The van der Waals surface area contributed by atoms with E-state index in [1.807, 2.05) is 0 Å². The molecular weight excluding hydrogens is 374 g/mol. The fourth-order valence-electron chi connectivity index (χ4n) is 1.65. The number of carbonyl (C=O) groups excluding carboxylic acids is 1. The van der Waals surface area contributed by atoms with Crippen LogP contribution in [0.1, 0.15) is 6.92 Å². The number of benzene rings is 1. The zero-order valence-electron chi connectivity index (χ0n) is 11.9. The van der Waals surface area contributed by atoms with Crippen molar-refractivity contribution in [2.24, 2.45) is 0 Å². The van der Waals surface area contributed by atoms with Gasteiger partial charge in [-0.05, 0) is 46.3 Å². The molecule has 0 saturated carbocycles. The number of amides is 2. The average Bonchev–Trinajstić information content (AvgIpc) is 2.43. The Bertz CT molecular complexity index is 705. The molecule has 1 heterocycles. The average molecular weight is 387 g/mol. The fourth-order valence-corrected chi connectivity index (χ4v) is 1.98. The number of anilines is 3. The molecule has 0 radical (unpaired) electrons. The number of nitrogens with zero attached hydrogens (tertiary/aromatic N) is 1. The van der Waals surface area contributed by atoms with Crippen LogP contribution in [-0.4, -0.2) is 17.1 Å². The van der Waals surface area contributed by atoms with E-state index < -0.39 is 12.1 Å². The maximum atomic E-state index is 12.7. The molecule has 2 aromatic rings. The molecule has 122 valence electrons. The van der Waals surface area contributed by atoms with Gasteiger partial charge in [-0.25, -0.2) is 9.78 Å². The number of hydrogen-bond acceptors (Lipinski definition) is 4. The summed E-state index contributed by atoms with van der Waals surface area (Å²) in [4.78, 5) is 15.8. The highest BCUT2D eigenvalue weighted by Crippen LogP contribution is 2.23. The SMILES string of the molecule is CC(F)(F)Oc1ccc(NC(=O)Nc2cc(Br)cnc2N)cc1. The first-order chi connectivity index (χ1) is 10.7. The summed E-state index contributed by atoms with van der Waals surface area (Å²) < 4.78 is 30.5. The summed E-state index contributed by atoms with van der Waals surface area (Å²) in [6.07, 6.45) is -1.77. The molecule has 0 aliphatic heterocycles. The molecule has 0 aliphatic rings. The van der Waals surface area contributed by atoms with Gasteiger partial charge in [0.05, 0.1) is 5.69 Å². The van der Waals surface area contributed by atoms with Crippen molar-refractivity contribution in [2.45, 2.75) is 13.0 Å².